The zero-order chi connectivity index (χ0) is 56.0. The van der Waals surface area contributed by atoms with E-state index in [1.807, 2.05) is 0 Å². The number of phosphoric acid groups is 1. The Morgan fingerprint density at radius 3 is 1.53 bits per heavy atom. The molecule has 0 aliphatic carbocycles. The molecule has 408 valence electrons. The highest BCUT2D eigenvalue weighted by Crippen LogP contribution is 2.37. The number of carbonyl (C=O) groups excluding carboxylic acids is 8. The molecule has 0 heterocycles. The molecule has 75 heavy (non-hydrogen) atoms. The number of carboxylic acid groups (broad SMARTS) is 2. The van der Waals surface area contributed by atoms with Gasteiger partial charge < -0.3 is 63.4 Å². The first-order chi connectivity index (χ1) is 35.2. The second-order valence-electron chi connectivity index (χ2n) is 18.3. The number of aliphatic carboxylic acids is 2. The lowest BCUT2D eigenvalue weighted by molar-refractivity contribution is -0.143. The van der Waals surface area contributed by atoms with Crippen molar-refractivity contribution in [3.8, 4) is 5.75 Å². The van der Waals surface area contributed by atoms with E-state index in [1.165, 1.54) is 24.3 Å². The largest absolute Gasteiger partial charge is 0.524 e. The highest BCUT2D eigenvalue weighted by molar-refractivity contribution is 7.46. The molecule has 0 saturated carbocycles. The molecule has 0 unspecified atom stereocenters. The molecule has 7 atom stereocenters. The molecule has 0 spiro atoms. The maximum Gasteiger partial charge on any atom is 0.524 e. The van der Waals surface area contributed by atoms with Crippen molar-refractivity contribution in [2.45, 2.75) is 115 Å². The SMILES string of the molecule is CC(C)C[C@H](NC(=O)[C@H](CC(N)=O)NC(=O)[C@H](Cc1ccc(OP(=O)(O)O)cc1)NC(=O)[C@H](Cc1ccccc1)NC(=O)[C@@H](NC(=O)[C@@H](N)Cc1ccccc1)C(C)C)C(=O)NCC(=O)N[C@@H](CCC(=O)O)C(=O)O. The van der Waals surface area contributed by atoms with Crippen LogP contribution in [0.5, 0.6) is 5.75 Å². The number of rotatable bonds is 31. The van der Waals surface area contributed by atoms with E-state index in [4.69, 9.17) is 16.6 Å². The van der Waals surface area contributed by atoms with Crippen LogP contribution >= 0.6 is 7.82 Å². The normalized spacial score (nSPS) is 14.0. The minimum Gasteiger partial charge on any atom is -0.481 e. The van der Waals surface area contributed by atoms with Crippen LogP contribution in [0, 0.1) is 11.8 Å². The summed E-state index contributed by atoms with van der Waals surface area (Å²) < 4.78 is 16.1. The molecule has 3 rings (SSSR count). The number of carboxylic acids is 2. The molecule has 3 aromatic carbocycles. The Hall–Kier alpha value is -7.73. The maximum atomic E-state index is 14.5. The summed E-state index contributed by atoms with van der Waals surface area (Å²) in [4.78, 5) is 150. The fraction of sp³-hybridized carbons (Fsp3) is 0.429. The van der Waals surface area contributed by atoms with Gasteiger partial charge in [0.1, 0.15) is 42.0 Å². The molecule has 0 aromatic heterocycles. The molecule has 15 N–H and O–H groups in total. The molecule has 26 heteroatoms. The highest BCUT2D eigenvalue weighted by Gasteiger charge is 2.35. The van der Waals surface area contributed by atoms with Crippen LogP contribution in [0.3, 0.4) is 0 Å². The second kappa shape index (κ2) is 29.8. The molecule has 0 fully saturated rings. The number of carbonyl (C=O) groups is 10. The van der Waals surface area contributed by atoms with Gasteiger partial charge in [-0.15, -0.1) is 0 Å². The first kappa shape index (κ1) is 61.6. The maximum absolute atomic E-state index is 14.5. The monoisotopic (exact) mass is 1070 g/mol. The molecule has 3 aromatic rings. The van der Waals surface area contributed by atoms with Crippen molar-refractivity contribution in [3.05, 3.63) is 102 Å². The van der Waals surface area contributed by atoms with E-state index >= 15 is 0 Å². The third-order valence-electron chi connectivity index (χ3n) is 11.1. The second-order valence-corrected chi connectivity index (χ2v) is 19.5. The van der Waals surface area contributed by atoms with Gasteiger partial charge in [0.05, 0.1) is 19.0 Å². The number of hydrogen-bond donors (Lipinski definition) is 13. The quantitative estimate of drug-likeness (QED) is 0.0346. The number of primary amides is 1. The first-order valence-corrected chi connectivity index (χ1v) is 25.2. The Balaban J connectivity index is 1.95. The molecule has 0 aliphatic rings. The summed E-state index contributed by atoms with van der Waals surface area (Å²) in [6, 6.07) is 12.2. The summed E-state index contributed by atoms with van der Waals surface area (Å²) in [5, 5.41) is 35.5. The number of nitrogens with one attached hydrogen (secondary N) is 7. The van der Waals surface area contributed by atoms with E-state index in [0.29, 0.717) is 5.56 Å². The van der Waals surface area contributed by atoms with Gasteiger partial charge in [-0.25, -0.2) is 9.36 Å². The van der Waals surface area contributed by atoms with E-state index in [1.54, 1.807) is 88.4 Å². The minimum atomic E-state index is -4.98. The van der Waals surface area contributed by atoms with Crippen LogP contribution in [0.25, 0.3) is 0 Å². The zero-order valence-corrected chi connectivity index (χ0v) is 42.6. The van der Waals surface area contributed by atoms with E-state index in [-0.39, 0.29) is 36.5 Å². The molecule has 0 bridgehead atoms. The molecule has 25 nitrogen and oxygen atoms in total. The van der Waals surface area contributed by atoms with Gasteiger partial charge in [-0.2, -0.15) is 0 Å². The number of benzene rings is 3. The van der Waals surface area contributed by atoms with Gasteiger partial charge in [-0.05, 0) is 59.9 Å². The summed E-state index contributed by atoms with van der Waals surface area (Å²) in [6.07, 6.45) is -2.32. The predicted octanol–water partition coefficient (Wildman–Crippen LogP) is -0.935. The van der Waals surface area contributed by atoms with Crippen molar-refractivity contribution >= 4 is 67.0 Å². The fourth-order valence-electron chi connectivity index (χ4n) is 7.34. The van der Waals surface area contributed by atoms with Gasteiger partial charge in [0.2, 0.25) is 47.3 Å². The summed E-state index contributed by atoms with van der Waals surface area (Å²) >= 11 is 0. The average molecular weight is 1070 g/mol. The van der Waals surface area contributed by atoms with Gasteiger partial charge in [-0.1, -0.05) is 100 Å². The van der Waals surface area contributed by atoms with E-state index < -0.39 is 147 Å². The van der Waals surface area contributed by atoms with Crippen molar-refractivity contribution in [3.63, 3.8) is 0 Å². The predicted molar refractivity (Wildman–Crippen MR) is 268 cm³/mol. The van der Waals surface area contributed by atoms with Crippen LogP contribution in [-0.2, 0) is 71.8 Å². The van der Waals surface area contributed by atoms with Crippen LogP contribution < -0.4 is 53.2 Å². The Labute approximate surface area is 432 Å². The topological polar surface area (TPSA) is 414 Å². The lowest BCUT2D eigenvalue weighted by Gasteiger charge is -2.28. The van der Waals surface area contributed by atoms with Crippen LogP contribution in [0.4, 0.5) is 0 Å². The third-order valence-corrected chi connectivity index (χ3v) is 11.5. The lowest BCUT2D eigenvalue weighted by Crippen LogP contribution is -2.61. The Bertz CT molecular complexity index is 2510. The van der Waals surface area contributed by atoms with Gasteiger partial charge >= 0.3 is 19.8 Å². The standard InChI is InChI=1S/C49H66N9O16P/c1-27(2)21-35(44(64)52-26-40(60)53-34(49(69)70)19-20-41(61)62)54-47(67)38(25-39(51)59)56-45(65)36(24-31-15-17-32(18-16-31)74-75(71,72)73)55-46(66)37(23-30-13-9-6-10-14-30)57-48(68)42(28(3)4)58-43(63)33(50)22-29-11-7-5-8-12-29/h5-18,27-28,33-38,42H,19-26,50H2,1-4H3,(H2,51,59)(H,52,64)(H,53,60)(H,54,67)(H,55,66)(H,56,65)(H,57,68)(H,58,63)(H,61,62)(H,69,70)(H2,71,72,73)/t33-,34-,35-,36-,37-,38-,42-/m0/s1. The van der Waals surface area contributed by atoms with E-state index in [0.717, 1.165) is 5.56 Å². The van der Waals surface area contributed by atoms with E-state index in [9.17, 15) is 67.4 Å². The van der Waals surface area contributed by atoms with Crippen LogP contribution in [-0.4, -0.2) is 128 Å². The third kappa shape index (κ3) is 22.9. The molecule has 0 radical (unpaired) electrons. The smallest absolute Gasteiger partial charge is 0.481 e. The first-order valence-electron chi connectivity index (χ1n) is 23.7. The average Bonchev–Trinajstić information content (AvgIpc) is 3.32. The number of hydrogen-bond acceptors (Lipinski definition) is 13. The van der Waals surface area contributed by atoms with Gasteiger partial charge in [0.15, 0.2) is 0 Å². The van der Waals surface area contributed by atoms with Gasteiger partial charge in [0, 0.05) is 19.3 Å². The van der Waals surface area contributed by atoms with Gasteiger partial charge in [-0.3, -0.25) is 52.9 Å². The van der Waals surface area contributed by atoms with Crippen molar-refractivity contribution in [2.24, 2.45) is 23.3 Å². The summed E-state index contributed by atoms with van der Waals surface area (Å²) in [7, 11) is -4.98. The van der Waals surface area contributed by atoms with Crippen LogP contribution in [0.2, 0.25) is 0 Å². The van der Waals surface area contributed by atoms with Gasteiger partial charge in [0.25, 0.3) is 0 Å². The van der Waals surface area contributed by atoms with E-state index in [2.05, 4.69) is 41.7 Å². The molecule has 0 saturated heterocycles. The van der Waals surface area contributed by atoms with Crippen molar-refractivity contribution < 1.29 is 77.0 Å². The van der Waals surface area contributed by atoms with Crippen LogP contribution in [0.1, 0.15) is 70.1 Å². The molecular weight excluding hydrogens is 1000 g/mol. The number of phosphoric ester groups is 1. The Morgan fingerprint density at radius 1 is 0.573 bits per heavy atom. The summed E-state index contributed by atoms with van der Waals surface area (Å²) in [5.74, 6) is -11.5. The molecule has 0 aliphatic heterocycles. The zero-order valence-electron chi connectivity index (χ0n) is 41.7. The van der Waals surface area contributed by atoms with Crippen LogP contribution in [0.15, 0.2) is 84.9 Å². The summed E-state index contributed by atoms with van der Waals surface area (Å²) in [5.41, 5.74) is 13.3. The molecule has 8 amide bonds. The van der Waals surface area contributed by atoms with Crippen molar-refractivity contribution in [2.75, 3.05) is 6.54 Å². The number of amides is 8. The number of nitrogens with two attached hydrogens (primary N) is 2. The highest BCUT2D eigenvalue weighted by atomic mass is 31.2. The van der Waals surface area contributed by atoms with Crippen molar-refractivity contribution in [1.29, 1.82) is 0 Å². The minimum absolute atomic E-state index is 0.0659. The Kier molecular flexibility index (Phi) is 24.5. The Morgan fingerprint density at radius 2 is 1.05 bits per heavy atom. The lowest BCUT2D eigenvalue weighted by atomic mass is 9.99. The summed E-state index contributed by atoms with van der Waals surface area (Å²) in [6.45, 7) is 5.91. The molecular formula is C49H66N9O16P. The van der Waals surface area contributed by atoms with Crippen molar-refractivity contribution in [1.82, 2.24) is 37.2 Å². The fourth-order valence-corrected chi connectivity index (χ4v) is 7.73.